The van der Waals surface area contributed by atoms with Gasteiger partial charge in [-0.2, -0.15) is 5.26 Å². The summed E-state index contributed by atoms with van der Waals surface area (Å²) in [6.07, 6.45) is -0.176. The van der Waals surface area contributed by atoms with Crippen LogP contribution < -0.4 is 0 Å². The van der Waals surface area contributed by atoms with Crippen LogP contribution in [0.3, 0.4) is 0 Å². The average molecular weight is 263 g/mol. The molecule has 1 aliphatic rings. The molecule has 0 aromatic heterocycles. The molecule has 2 aromatic rings. The van der Waals surface area contributed by atoms with E-state index in [9.17, 15) is 9.90 Å². The van der Waals surface area contributed by atoms with E-state index in [0.29, 0.717) is 17.5 Å². The number of hydrogen-bond acceptors (Lipinski definition) is 3. The van der Waals surface area contributed by atoms with Crippen molar-refractivity contribution in [2.24, 2.45) is 5.92 Å². The van der Waals surface area contributed by atoms with Gasteiger partial charge in [-0.15, -0.1) is 0 Å². The van der Waals surface area contributed by atoms with Gasteiger partial charge in [-0.1, -0.05) is 36.4 Å². The van der Waals surface area contributed by atoms with Crippen molar-refractivity contribution in [2.75, 3.05) is 0 Å². The van der Waals surface area contributed by atoms with Crippen molar-refractivity contribution < 1.29 is 9.90 Å². The quantitative estimate of drug-likeness (QED) is 0.847. The van der Waals surface area contributed by atoms with Gasteiger partial charge in [0.15, 0.2) is 5.78 Å². The van der Waals surface area contributed by atoms with Gasteiger partial charge in [0.25, 0.3) is 0 Å². The first-order valence-electron chi connectivity index (χ1n) is 6.51. The van der Waals surface area contributed by atoms with E-state index in [-0.39, 0.29) is 5.78 Å². The number of carbonyl (C=O) groups excluding carboxylic acids is 1. The second-order valence-corrected chi connectivity index (χ2v) is 5.01. The van der Waals surface area contributed by atoms with E-state index in [1.54, 1.807) is 24.3 Å². The predicted molar refractivity (Wildman–Crippen MR) is 74.1 cm³/mol. The van der Waals surface area contributed by atoms with Gasteiger partial charge in [0, 0.05) is 5.56 Å². The molecule has 20 heavy (non-hydrogen) atoms. The van der Waals surface area contributed by atoms with Crippen LogP contribution in [0.25, 0.3) is 0 Å². The summed E-state index contributed by atoms with van der Waals surface area (Å²) in [7, 11) is 0. The second kappa shape index (κ2) is 4.92. The highest BCUT2D eigenvalue weighted by Gasteiger charge is 2.35. The standard InChI is InChI=1S/C17H13NO2/c18-10-11-5-7-12(8-6-11)16(19)15-9-13-3-1-2-4-14(13)17(15)20/h1-8,15,17,20H,9H2/t15-,17-/m0/s1. The maximum atomic E-state index is 12.5. The molecule has 0 bridgehead atoms. The molecule has 0 unspecified atom stereocenters. The molecular weight excluding hydrogens is 250 g/mol. The SMILES string of the molecule is N#Cc1ccc(C(=O)[C@@H]2Cc3ccccc3[C@@H]2O)cc1. The Labute approximate surface area is 117 Å². The Morgan fingerprint density at radius 3 is 2.50 bits per heavy atom. The Balaban J connectivity index is 1.87. The molecule has 3 heteroatoms. The highest BCUT2D eigenvalue weighted by molar-refractivity contribution is 5.99. The number of ketones is 1. The third kappa shape index (κ3) is 2.01. The average Bonchev–Trinajstić information content (AvgIpc) is 2.84. The molecule has 0 saturated carbocycles. The zero-order valence-corrected chi connectivity index (χ0v) is 10.8. The topological polar surface area (TPSA) is 61.1 Å². The van der Waals surface area contributed by atoms with E-state index in [0.717, 1.165) is 11.1 Å². The number of fused-ring (bicyclic) bond motifs is 1. The monoisotopic (exact) mass is 263 g/mol. The number of carbonyl (C=O) groups is 1. The van der Waals surface area contributed by atoms with E-state index in [4.69, 9.17) is 5.26 Å². The minimum absolute atomic E-state index is 0.0711. The zero-order chi connectivity index (χ0) is 14.1. The minimum atomic E-state index is -0.741. The normalized spacial score (nSPS) is 20.2. The molecule has 0 saturated heterocycles. The summed E-state index contributed by atoms with van der Waals surface area (Å²) < 4.78 is 0. The van der Waals surface area contributed by atoms with Gasteiger partial charge >= 0.3 is 0 Å². The van der Waals surface area contributed by atoms with Crippen LogP contribution in [-0.2, 0) is 6.42 Å². The van der Waals surface area contributed by atoms with Crippen LogP contribution in [0.4, 0.5) is 0 Å². The van der Waals surface area contributed by atoms with Crippen LogP contribution in [-0.4, -0.2) is 10.9 Å². The minimum Gasteiger partial charge on any atom is -0.388 e. The molecule has 0 heterocycles. The highest BCUT2D eigenvalue weighted by Crippen LogP contribution is 2.37. The number of aliphatic hydroxyl groups is 1. The number of Topliss-reactive ketones (excluding diaryl/α,β-unsaturated/α-hetero) is 1. The smallest absolute Gasteiger partial charge is 0.169 e. The van der Waals surface area contributed by atoms with Crippen LogP contribution in [0.1, 0.15) is 33.2 Å². The Hall–Kier alpha value is -2.44. The summed E-state index contributed by atoms with van der Waals surface area (Å²) in [6.45, 7) is 0. The van der Waals surface area contributed by atoms with Crippen molar-refractivity contribution in [3.05, 3.63) is 70.8 Å². The molecule has 1 N–H and O–H groups in total. The van der Waals surface area contributed by atoms with Crippen molar-refractivity contribution in [3.8, 4) is 6.07 Å². The second-order valence-electron chi connectivity index (χ2n) is 5.01. The number of nitriles is 1. The van der Waals surface area contributed by atoms with Crippen LogP contribution in [0.15, 0.2) is 48.5 Å². The number of rotatable bonds is 2. The first-order chi connectivity index (χ1) is 9.70. The molecule has 3 rings (SSSR count). The first kappa shape index (κ1) is 12.6. The van der Waals surface area contributed by atoms with E-state index in [2.05, 4.69) is 0 Å². The molecule has 0 aliphatic heterocycles. The predicted octanol–water partition coefficient (Wildman–Crippen LogP) is 2.65. The fraction of sp³-hybridized carbons (Fsp3) is 0.176. The lowest BCUT2D eigenvalue weighted by Gasteiger charge is -2.13. The van der Waals surface area contributed by atoms with Crippen molar-refractivity contribution in [3.63, 3.8) is 0 Å². The number of nitrogens with zero attached hydrogens (tertiary/aromatic N) is 1. The molecule has 1 aliphatic carbocycles. The van der Waals surface area contributed by atoms with Crippen molar-refractivity contribution in [2.45, 2.75) is 12.5 Å². The summed E-state index contributed by atoms with van der Waals surface area (Å²) >= 11 is 0. The fourth-order valence-electron chi connectivity index (χ4n) is 2.73. The van der Waals surface area contributed by atoms with E-state index in [1.807, 2.05) is 30.3 Å². The lowest BCUT2D eigenvalue weighted by Crippen LogP contribution is -2.19. The summed E-state index contributed by atoms with van der Waals surface area (Å²) in [6, 6.07) is 16.2. The van der Waals surface area contributed by atoms with Crippen LogP contribution in [0, 0.1) is 17.2 Å². The van der Waals surface area contributed by atoms with Crippen molar-refractivity contribution in [1.82, 2.24) is 0 Å². The first-order valence-corrected chi connectivity index (χ1v) is 6.51. The van der Waals surface area contributed by atoms with E-state index < -0.39 is 12.0 Å². The van der Waals surface area contributed by atoms with Gasteiger partial charge in [0.2, 0.25) is 0 Å². The largest absolute Gasteiger partial charge is 0.388 e. The molecule has 0 fully saturated rings. The molecule has 2 atom stereocenters. The lowest BCUT2D eigenvalue weighted by molar-refractivity contribution is 0.0725. The fourth-order valence-corrected chi connectivity index (χ4v) is 2.73. The Morgan fingerprint density at radius 2 is 1.85 bits per heavy atom. The highest BCUT2D eigenvalue weighted by atomic mass is 16.3. The van der Waals surface area contributed by atoms with Crippen molar-refractivity contribution >= 4 is 5.78 Å². The molecule has 0 spiro atoms. The number of aliphatic hydroxyl groups excluding tert-OH is 1. The summed E-state index contributed by atoms with van der Waals surface area (Å²) in [5, 5.41) is 19.1. The van der Waals surface area contributed by atoms with E-state index >= 15 is 0 Å². The van der Waals surface area contributed by atoms with E-state index in [1.165, 1.54) is 0 Å². The zero-order valence-electron chi connectivity index (χ0n) is 10.8. The number of benzene rings is 2. The molecular formula is C17H13NO2. The molecule has 2 aromatic carbocycles. The van der Waals surface area contributed by atoms with Gasteiger partial charge in [-0.25, -0.2) is 0 Å². The van der Waals surface area contributed by atoms with Crippen molar-refractivity contribution in [1.29, 1.82) is 5.26 Å². The lowest BCUT2D eigenvalue weighted by atomic mass is 9.93. The summed E-state index contributed by atoms with van der Waals surface area (Å²) in [5.41, 5.74) is 2.95. The summed E-state index contributed by atoms with van der Waals surface area (Å²) in [5.74, 6) is -0.501. The van der Waals surface area contributed by atoms with Gasteiger partial charge < -0.3 is 5.11 Å². The van der Waals surface area contributed by atoms with Crippen LogP contribution >= 0.6 is 0 Å². The maximum Gasteiger partial charge on any atom is 0.169 e. The van der Waals surface area contributed by atoms with Gasteiger partial charge in [-0.3, -0.25) is 4.79 Å². The van der Waals surface area contributed by atoms with Gasteiger partial charge in [0.05, 0.1) is 23.7 Å². The molecule has 3 nitrogen and oxygen atoms in total. The Bertz CT molecular complexity index is 698. The van der Waals surface area contributed by atoms with Gasteiger partial charge in [-0.05, 0) is 29.7 Å². The third-order valence-corrected chi connectivity index (χ3v) is 3.83. The number of hydrogen-bond donors (Lipinski definition) is 1. The van der Waals surface area contributed by atoms with Crippen LogP contribution in [0.5, 0.6) is 0 Å². The maximum absolute atomic E-state index is 12.5. The Morgan fingerprint density at radius 1 is 1.15 bits per heavy atom. The molecule has 98 valence electrons. The molecule has 0 amide bonds. The third-order valence-electron chi connectivity index (χ3n) is 3.83. The summed E-state index contributed by atoms with van der Waals surface area (Å²) in [4.78, 5) is 12.5. The molecule has 0 radical (unpaired) electrons. The Kier molecular flexibility index (Phi) is 3.09. The van der Waals surface area contributed by atoms with Crippen LogP contribution in [0.2, 0.25) is 0 Å². The van der Waals surface area contributed by atoms with Gasteiger partial charge in [0.1, 0.15) is 0 Å².